The quantitative estimate of drug-likeness (QED) is 0.620. The number of fused-ring (bicyclic) bond motifs is 1. The highest BCUT2D eigenvalue weighted by molar-refractivity contribution is 7.98. The van der Waals surface area contributed by atoms with Crippen LogP contribution >= 0.6 is 11.8 Å². The second kappa shape index (κ2) is 5.53. The molecule has 1 atom stereocenters. The van der Waals surface area contributed by atoms with Gasteiger partial charge in [0.25, 0.3) is 0 Å². The Hall–Kier alpha value is -1.04. The maximum absolute atomic E-state index is 5.56. The molecule has 5 heteroatoms. The molecule has 2 rings (SSSR count). The Morgan fingerprint density at radius 2 is 2.24 bits per heavy atom. The number of aromatic nitrogens is 2. The Morgan fingerprint density at radius 1 is 1.47 bits per heavy atom. The number of hydrazine groups is 1. The van der Waals surface area contributed by atoms with Gasteiger partial charge in [0.2, 0.25) is 0 Å². The Bertz CT molecular complexity index is 494. The van der Waals surface area contributed by atoms with Gasteiger partial charge in [-0.3, -0.25) is 16.0 Å². The third-order valence-electron chi connectivity index (χ3n) is 2.88. The summed E-state index contributed by atoms with van der Waals surface area (Å²) in [6, 6.07) is 8.56. The van der Waals surface area contributed by atoms with Gasteiger partial charge in [-0.25, -0.2) is 0 Å². The lowest BCUT2D eigenvalue weighted by atomic mass is 10.1. The zero-order valence-electron chi connectivity index (χ0n) is 10.2. The van der Waals surface area contributed by atoms with Crippen LogP contribution in [-0.2, 0) is 13.5 Å². The number of hydrogen-bond donors (Lipinski definition) is 2. The van der Waals surface area contributed by atoms with E-state index >= 15 is 0 Å². The lowest BCUT2D eigenvalue weighted by Gasteiger charge is -2.12. The minimum absolute atomic E-state index is 0.267. The molecule has 0 spiro atoms. The fraction of sp³-hybridized carbons (Fsp3) is 0.417. The Balaban J connectivity index is 2.29. The molecule has 3 N–H and O–H groups in total. The Labute approximate surface area is 106 Å². The fourth-order valence-corrected chi connectivity index (χ4v) is 2.66. The highest BCUT2D eigenvalue weighted by atomic mass is 32.2. The first kappa shape index (κ1) is 12.4. The third-order valence-corrected chi connectivity index (χ3v) is 3.61. The molecule has 0 aliphatic heterocycles. The minimum Gasteiger partial charge on any atom is -0.271 e. The van der Waals surface area contributed by atoms with Crippen molar-refractivity contribution in [2.45, 2.75) is 12.5 Å². The molecule has 0 amide bonds. The average molecular weight is 250 g/mol. The van der Waals surface area contributed by atoms with E-state index in [4.69, 9.17) is 5.84 Å². The molecular formula is C12H18N4S. The van der Waals surface area contributed by atoms with Crippen LogP contribution in [0.3, 0.4) is 0 Å². The van der Waals surface area contributed by atoms with Crippen LogP contribution < -0.4 is 11.3 Å². The predicted molar refractivity (Wildman–Crippen MR) is 73.9 cm³/mol. The second-order valence-corrected chi connectivity index (χ2v) is 5.02. The average Bonchev–Trinajstić information content (AvgIpc) is 2.66. The van der Waals surface area contributed by atoms with Crippen molar-refractivity contribution in [1.29, 1.82) is 0 Å². The van der Waals surface area contributed by atoms with E-state index in [1.165, 1.54) is 10.9 Å². The number of nitrogens with zero attached hydrogens (tertiary/aromatic N) is 2. The summed E-state index contributed by atoms with van der Waals surface area (Å²) in [4.78, 5) is 0. The number of thioether (sulfide) groups is 1. The number of benzene rings is 1. The van der Waals surface area contributed by atoms with Gasteiger partial charge in [0.05, 0.1) is 11.2 Å². The molecule has 0 fully saturated rings. The van der Waals surface area contributed by atoms with Crippen LogP contribution in [-0.4, -0.2) is 27.8 Å². The van der Waals surface area contributed by atoms with Crippen LogP contribution in [0.1, 0.15) is 5.69 Å². The SMILES string of the molecule is CSCC(Cc1nn(C)c2ccccc12)NN. The van der Waals surface area contributed by atoms with Crippen LogP contribution in [0.5, 0.6) is 0 Å². The zero-order valence-corrected chi connectivity index (χ0v) is 11.0. The number of nitrogens with one attached hydrogen (secondary N) is 1. The van der Waals surface area contributed by atoms with E-state index in [0.29, 0.717) is 0 Å². The van der Waals surface area contributed by atoms with Gasteiger partial charge in [-0.1, -0.05) is 18.2 Å². The van der Waals surface area contributed by atoms with Crippen molar-refractivity contribution in [1.82, 2.24) is 15.2 Å². The summed E-state index contributed by atoms with van der Waals surface area (Å²) in [6.07, 6.45) is 2.94. The maximum atomic E-state index is 5.56. The molecule has 1 aromatic carbocycles. The highest BCUT2D eigenvalue weighted by Crippen LogP contribution is 2.19. The monoisotopic (exact) mass is 250 g/mol. The van der Waals surface area contributed by atoms with E-state index in [-0.39, 0.29) is 6.04 Å². The second-order valence-electron chi connectivity index (χ2n) is 4.11. The molecule has 4 nitrogen and oxygen atoms in total. The van der Waals surface area contributed by atoms with Crippen molar-refractivity contribution in [2.75, 3.05) is 12.0 Å². The normalized spacial score (nSPS) is 13.1. The van der Waals surface area contributed by atoms with Gasteiger partial charge in [-0.2, -0.15) is 16.9 Å². The number of aryl methyl sites for hydroxylation is 1. The summed E-state index contributed by atoms with van der Waals surface area (Å²) < 4.78 is 1.93. The molecule has 1 aromatic heterocycles. The van der Waals surface area contributed by atoms with E-state index in [1.807, 2.05) is 23.9 Å². The zero-order chi connectivity index (χ0) is 12.3. The van der Waals surface area contributed by atoms with Crippen LogP contribution in [0, 0.1) is 0 Å². The van der Waals surface area contributed by atoms with E-state index in [9.17, 15) is 0 Å². The molecule has 92 valence electrons. The van der Waals surface area contributed by atoms with Crippen molar-refractivity contribution in [3.63, 3.8) is 0 Å². The van der Waals surface area contributed by atoms with Crippen LogP contribution in [0.2, 0.25) is 0 Å². The first-order valence-electron chi connectivity index (χ1n) is 5.62. The van der Waals surface area contributed by atoms with E-state index in [1.54, 1.807) is 11.8 Å². The molecule has 1 heterocycles. The van der Waals surface area contributed by atoms with E-state index in [2.05, 4.69) is 28.9 Å². The Kier molecular flexibility index (Phi) is 4.04. The summed E-state index contributed by atoms with van der Waals surface area (Å²) in [7, 11) is 1.98. The van der Waals surface area contributed by atoms with Gasteiger partial charge >= 0.3 is 0 Å². The molecule has 0 saturated carbocycles. The van der Waals surface area contributed by atoms with Gasteiger partial charge in [0, 0.05) is 30.6 Å². The topological polar surface area (TPSA) is 55.9 Å². The highest BCUT2D eigenvalue weighted by Gasteiger charge is 2.13. The van der Waals surface area contributed by atoms with Gasteiger partial charge < -0.3 is 0 Å². The van der Waals surface area contributed by atoms with Gasteiger partial charge in [0.1, 0.15) is 0 Å². The lowest BCUT2D eigenvalue weighted by Crippen LogP contribution is -2.38. The molecule has 0 aliphatic rings. The van der Waals surface area contributed by atoms with Gasteiger partial charge in [-0.05, 0) is 12.3 Å². The van der Waals surface area contributed by atoms with Crippen LogP contribution in [0.15, 0.2) is 24.3 Å². The van der Waals surface area contributed by atoms with E-state index < -0.39 is 0 Å². The predicted octanol–water partition coefficient (Wildman–Crippen LogP) is 1.31. The van der Waals surface area contributed by atoms with Gasteiger partial charge in [0.15, 0.2) is 0 Å². The van der Waals surface area contributed by atoms with Crippen LogP contribution in [0.25, 0.3) is 10.9 Å². The smallest absolute Gasteiger partial charge is 0.0719 e. The molecule has 0 bridgehead atoms. The van der Waals surface area contributed by atoms with E-state index in [0.717, 1.165) is 17.9 Å². The van der Waals surface area contributed by atoms with Crippen molar-refractivity contribution in [3.05, 3.63) is 30.0 Å². The van der Waals surface area contributed by atoms with Crippen molar-refractivity contribution >= 4 is 22.7 Å². The minimum atomic E-state index is 0.267. The number of rotatable bonds is 5. The van der Waals surface area contributed by atoms with Crippen molar-refractivity contribution in [3.8, 4) is 0 Å². The lowest BCUT2D eigenvalue weighted by molar-refractivity contribution is 0.566. The summed E-state index contributed by atoms with van der Waals surface area (Å²) in [5, 5.41) is 5.79. The summed E-state index contributed by atoms with van der Waals surface area (Å²) >= 11 is 1.79. The summed E-state index contributed by atoms with van der Waals surface area (Å²) in [5.41, 5.74) is 5.14. The van der Waals surface area contributed by atoms with Crippen LogP contribution in [0.4, 0.5) is 0 Å². The summed E-state index contributed by atoms with van der Waals surface area (Å²) in [6.45, 7) is 0. The number of hydrogen-bond acceptors (Lipinski definition) is 4. The molecule has 0 aliphatic carbocycles. The molecule has 2 aromatic rings. The molecule has 1 unspecified atom stereocenters. The number of nitrogens with two attached hydrogens (primary N) is 1. The molecular weight excluding hydrogens is 232 g/mol. The summed E-state index contributed by atoms with van der Waals surface area (Å²) in [5.74, 6) is 6.55. The molecule has 17 heavy (non-hydrogen) atoms. The first-order valence-corrected chi connectivity index (χ1v) is 7.01. The largest absolute Gasteiger partial charge is 0.271 e. The molecule has 0 saturated heterocycles. The molecule has 0 radical (unpaired) electrons. The van der Waals surface area contributed by atoms with Crippen molar-refractivity contribution < 1.29 is 0 Å². The fourth-order valence-electron chi connectivity index (χ4n) is 2.04. The maximum Gasteiger partial charge on any atom is 0.0719 e. The Morgan fingerprint density at radius 3 is 2.94 bits per heavy atom. The van der Waals surface area contributed by atoms with Gasteiger partial charge in [-0.15, -0.1) is 0 Å². The standard InChI is InChI=1S/C12H18N4S/c1-16-12-6-4-3-5-10(12)11(15-16)7-9(14-13)8-17-2/h3-6,9,14H,7-8,13H2,1-2H3. The number of para-hydroxylation sites is 1. The first-order chi connectivity index (χ1) is 8.26. The third kappa shape index (κ3) is 2.62. The van der Waals surface area contributed by atoms with Crippen molar-refractivity contribution in [2.24, 2.45) is 12.9 Å².